The summed E-state index contributed by atoms with van der Waals surface area (Å²) in [5.41, 5.74) is 2.73. The molecule has 0 saturated carbocycles. The van der Waals surface area contributed by atoms with E-state index in [9.17, 15) is 4.79 Å². The Hall–Kier alpha value is -2.52. The number of hydrogen-bond acceptors (Lipinski definition) is 2. The van der Waals surface area contributed by atoms with Gasteiger partial charge < -0.3 is 0 Å². The van der Waals surface area contributed by atoms with Crippen molar-refractivity contribution in [2.45, 2.75) is 0 Å². The maximum Gasteiger partial charge on any atom is 0.195 e. The molecular formula is C20H12BrNO. The molecule has 3 aromatic carbocycles. The zero-order valence-corrected chi connectivity index (χ0v) is 13.7. The zero-order valence-electron chi connectivity index (χ0n) is 12.2. The molecule has 4 aromatic rings. The molecule has 0 unspecified atom stereocenters. The van der Waals surface area contributed by atoms with Gasteiger partial charge in [-0.05, 0) is 41.3 Å². The van der Waals surface area contributed by atoms with E-state index in [0.717, 1.165) is 21.0 Å². The highest BCUT2D eigenvalue weighted by Crippen LogP contribution is 2.23. The Morgan fingerprint density at radius 2 is 1.61 bits per heavy atom. The second-order valence-corrected chi connectivity index (χ2v) is 6.33. The molecule has 0 fully saturated rings. The summed E-state index contributed by atoms with van der Waals surface area (Å²) in [7, 11) is 0. The molecule has 0 spiro atoms. The number of benzene rings is 2. The summed E-state index contributed by atoms with van der Waals surface area (Å²) in [4.78, 5) is 17.4. The summed E-state index contributed by atoms with van der Waals surface area (Å²) in [5, 5.41) is 2.25. The van der Waals surface area contributed by atoms with Crippen molar-refractivity contribution in [3.63, 3.8) is 0 Å². The Morgan fingerprint density at radius 3 is 2.43 bits per heavy atom. The number of halogens is 1. The van der Waals surface area contributed by atoms with Crippen LogP contribution in [0, 0.1) is 0 Å². The average Bonchev–Trinajstić information content (AvgIpc) is 2.72. The Labute approximate surface area is 141 Å². The van der Waals surface area contributed by atoms with Gasteiger partial charge in [0.2, 0.25) is 0 Å². The maximum absolute atomic E-state index is 12.9. The Balaban J connectivity index is 2.08. The van der Waals surface area contributed by atoms with Gasteiger partial charge in [0.15, 0.2) is 5.43 Å². The van der Waals surface area contributed by atoms with E-state index >= 15 is 0 Å². The average molecular weight is 362 g/mol. The highest BCUT2D eigenvalue weighted by molar-refractivity contribution is 9.10. The molecule has 4 rings (SSSR count). The van der Waals surface area contributed by atoms with Gasteiger partial charge in [0.25, 0.3) is 0 Å². The molecule has 0 aliphatic heterocycles. The van der Waals surface area contributed by atoms with Gasteiger partial charge in [-0.15, -0.1) is 0 Å². The third kappa shape index (κ3) is 2.53. The molecule has 23 heavy (non-hydrogen) atoms. The molecule has 0 amide bonds. The number of fused-ring (bicyclic) bond motifs is 2. The molecular weight excluding hydrogens is 350 g/mol. The first-order valence-corrected chi connectivity index (χ1v) is 8.09. The fraction of sp³-hybridized carbons (Fsp3) is 0. The standard InChI is InChI=1S/C20H12BrNO/c21-16-7-8-17-14(10-16)6-9-19-18(20(17)23)11-15(12-22-19)13-4-2-1-3-5-13/h1-12H. The molecule has 0 aliphatic carbocycles. The maximum atomic E-state index is 12.9. The monoisotopic (exact) mass is 361 g/mol. The summed E-state index contributed by atoms with van der Waals surface area (Å²) in [5.74, 6) is 0. The molecule has 2 nitrogen and oxygen atoms in total. The second kappa shape index (κ2) is 5.60. The number of hydrogen-bond donors (Lipinski definition) is 0. The van der Waals surface area contributed by atoms with Gasteiger partial charge in [0.1, 0.15) is 0 Å². The van der Waals surface area contributed by atoms with Crippen molar-refractivity contribution < 1.29 is 0 Å². The largest absolute Gasteiger partial charge is 0.289 e. The van der Waals surface area contributed by atoms with E-state index in [0.29, 0.717) is 16.3 Å². The van der Waals surface area contributed by atoms with E-state index in [1.54, 1.807) is 0 Å². The van der Waals surface area contributed by atoms with Gasteiger partial charge in [-0.1, -0.05) is 52.3 Å². The normalized spacial score (nSPS) is 11.0. The Kier molecular flexibility index (Phi) is 3.43. The van der Waals surface area contributed by atoms with Crippen LogP contribution in [0.15, 0.2) is 82.2 Å². The number of rotatable bonds is 1. The summed E-state index contributed by atoms with van der Waals surface area (Å²) in [6, 6.07) is 21.5. The molecule has 0 atom stereocenters. The lowest BCUT2D eigenvalue weighted by atomic mass is 10.1. The Bertz CT molecular complexity index is 1090. The highest BCUT2D eigenvalue weighted by atomic mass is 79.9. The fourth-order valence-electron chi connectivity index (χ4n) is 2.77. The van der Waals surface area contributed by atoms with Gasteiger partial charge in [-0.2, -0.15) is 0 Å². The van der Waals surface area contributed by atoms with Crippen LogP contribution in [-0.4, -0.2) is 4.98 Å². The van der Waals surface area contributed by atoms with Crippen LogP contribution in [0.3, 0.4) is 0 Å². The summed E-state index contributed by atoms with van der Waals surface area (Å²) >= 11 is 3.45. The Morgan fingerprint density at radius 1 is 0.783 bits per heavy atom. The smallest absolute Gasteiger partial charge is 0.195 e. The van der Waals surface area contributed by atoms with Crippen molar-refractivity contribution in [3.8, 4) is 11.1 Å². The molecule has 0 bridgehead atoms. The lowest BCUT2D eigenvalue weighted by Crippen LogP contribution is -1.99. The quantitative estimate of drug-likeness (QED) is 0.467. The highest BCUT2D eigenvalue weighted by Gasteiger charge is 2.06. The van der Waals surface area contributed by atoms with Crippen molar-refractivity contribution in [2.75, 3.05) is 0 Å². The first-order valence-electron chi connectivity index (χ1n) is 7.30. The van der Waals surface area contributed by atoms with E-state index in [2.05, 4.69) is 20.9 Å². The van der Waals surface area contributed by atoms with Crippen molar-refractivity contribution in [2.24, 2.45) is 0 Å². The van der Waals surface area contributed by atoms with Gasteiger partial charge >= 0.3 is 0 Å². The van der Waals surface area contributed by atoms with E-state index in [1.807, 2.05) is 72.9 Å². The summed E-state index contributed by atoms with van der Waals surface area (Å²) in [6.45, 7) is 0. The molecule has 0 N–H and O–H groups in total. The lowest BCUT2D eigenvalue weighted by molar-refractivity contribution is 1.41. The van der Waals surface area contributed by atoms with Crippen molar-refractivity contribution in [3.05, 3.63) is 87.6 Å². The van der Waals surface area contributed by atoms with Crippen LogP contribution in [0.2, 0.25) is 0 Å². The fourth-order valence-corrected chi connectivity index (χ4v) is 3.15. The zero-order chi connectivity index (χ0) is 15.8. The van der Waals surface area contributed by atoms with Gasteiger partial charge in [0.05, 0.1) is 5.52 Å². The van der Waals surface area contributed by atoms with E-state index in [-0.39, 0.29) is 5.43 Å². The van der Waals surface area contributed by atoms with Crippen LogP contribution in [0.1, 0.15) is 0 Å². The third-order valence-electron chi connectivity index (χ3n) is 3.95. The van der Waals surface area contributed by atoms with Gasteiger partial charge in [-0.25, -0.2) is 0 Å². The van der Waals surface area contributed by atoms with Gasteiger partial charge in [0, 0.05) is 27.0 Å². The predicted octanol–water partition coefficient (Wildman–Crippen LogP) is 5.18. The first-order chi connectivity index (χ1) is 11.2. The molecule has 1 aromatic heterocycles. The van der Waals surface area contributed by atoms with E-state index in [4.69, 9.17) is 0 Å². The topological polar surface area (TPSA) is 30.0 Å². The minimum absolute atomic E-state index is 0.0118. The number of aromatic nitrogens is 1. The molecule has 1 heterocycles. The minimum atomic E-state index is 0.0118. The van der Waals surface area contributed by atoms with Crippen molar-refractivity contribution in [1.29, 1.82) is 0 Å². The predicted molar refractivity (Wildman–Crippen MR) is 98.7 cm³/mol. The molecule has 0 aliphatic rings. The van der Waals surface area contributed by atoms with Gasteiger partial charge in [-0.3, -0.25) is 9.78 Å². The molecule has 3 heteroatoms. The summed E-state index contributed by atoms with van der Waals surface area (Å²) < 4.78 is 0.956. The number of pyridine rings is 1. The second-order valence-electron chi connectivity index (χ2n) is 5.42. The van der Waals surface area contributed by atoms with Crippen LogP contribution < -0.4 is 5.43 Å². The van der Waals surface area contributed by atoms with Crippen molar-refractivity contribution in [1.82, 2.24) is 4.98 Å². The van der Waals surface area contributed by atoms with Crippen LogP contribution in [0.5, 0.6) is 0 Å². The van der Waals surface area contributed by atoms with Crippen LogP contribution in [0.25, 0.3) is 32.8 Å². The summed E-state index contributed by atoms with van der Waals surface area (Å²) in [6.07, 6.45) is 1.82. The van der Waals surface area contributed by atoms with Crippen LogP contribution in [0.4, 0.5) is 0 Å². The molecule has 0 saturated heterocycles. The third-order valence-corrected chi connectivity index (χ3v) is 4.44. The molecule has 110 valence electrons. The van der Waals surface area contributed by atoms with E-state index in [1.165, 1.54) is 0 Å². The lowest BCUT2D eigenvalue weighted by Gasteiger charge is -2.01. The van der Waals surface area contributed by atoms with Crippen LogP contribution in [-0.2, 0) is 0 Å². The number of nitrogens with zero attached hydrogens (tertiary/aromatic N) is 1. The SMILES string of the molecule is O=c1c2ccc(Br)cc2ccc2ncc(-c3ccccc3)cc12. The van der Waals surface area contributed by atoms with E-state index < -0.39 is 0 Å². The minimum Gasteiger partial charge on any atom is -0.289 e. The molecule has 0 radical (unpaired) electrons. The first kappa shape index (κ1) is 14.1. The van der Waals surface area contributed by atoms with Crippen LogP contribution >= 0.6 is 15.9 Å². The van der Waals surface area contributed by atoms with Crippen molar-refractivity contribution >= 4 is 37.6 Å².